The SMILES string of the molecule is COc1cc(/C=C/c2ccccc2)c(=O)[nH]c1C(C)C. The van der Waals surface area contributed by atoms with Crippen LogP contribution in [0.1, 0.15) is 36.6 Å². The molecule has 3 nitrogen and oxygen atoms in total. The van der Waals surface area contributed by atoms with Crippen LogP contribution in [-0.2, 0) is 0 Å². The van der Waals surface area contributed by atoms with Crippen LogP contribution < -0.4 is 10.3 Å². The Morgan fingerprint density at radius 2 is 1.85 bits per heavy atom. The minimum absolute atomic E-state index is 0.0957. The van der Waals surface area contributed by atoms with E-state index in [0.717, 1.165) is 11.3 Å². The molecule has 1 N–H and O–H groups in total. The molecule has 0 spiro atoms. The van der Waals surface area contributed by atoms with Crippen LogP contribution in [0.15, 0.2) is 41.2 Å². The maximum Gasteiger partial charge on any atom is 0.255 e. The van der Waals surface area contributed by atoms with Gasteiger partial charge in [-0.3, -0.25) is 4.79 Å². The van der Waals surface area contributed by atoms with E-state index in [1.165, 1.54) is 0 Å². The van der Waals surface area contributed by atoms with Gasteiger partial charge in [0.05, 0.1) is 12.8 Å². The first-order chi connectivity index (χ1) is 9.61. The number of aromatic amines is 1. The van der Waals surface area contributed by atoms with Crippen molar-refractivity contribution in [2.24, 2.45) is 0 Å². The minimum Gasteiger partial charge on any atom is -0.495 e. The van der Waals surface area contributed by atoms with Gasteiger partial charge in [0, 0.05) is 5.56 Å². The van der Waals surface area contributed by atoms with Gasteiger partial charge in [0.1, 0.15) is 5.75 Å². The minimum atomic E-state index is -0.0957. The normalized spacial score (nSPS) is 11.2. The first-order valence-electron chi connectivity index (χ1n) is 6.66. The molecule has 0 aliphatic carbocycles. The zero-order valence-electron chi connectivity index (χ0n) is 12.0. The summed E-state index contributed by atoms with van der Waals surface area (Å²) in [5.41, 5.74) is 2.38. The summed E-state index contributed by atoms with van der Waals surface area (Å²) >= 11 is 0. The van der Waals surface area contributed by atoms with Crippen molar-refractivity contribution in [3.8, 4) is 5.75 Å². The van der Waals surface area contributed by atoms with E-state index in [4.69, 9.17) is 4.74 Å². The second kappa shape index (κ2) is 6.24. The lowest BCUT2D eigenvalue weighted by molar-refractivity contribution is 0.403. The summed E-state index contributed by atoms with van der Waals surface area (Å²) in [6, 6.07) is 11.7. The van der Waals surface area contributed by atoms with Crippen LogP contribution >= 0.6 is 0 Å². The smallest absolute Gasteiger partial charge is 0.255 e. The number of methoxy groups -OCH3 is 1. The molecule has 0 radical (unpaired) electrons. The van der Waals surface area contributed by atoms with E-state index in [1.54, 1.807) is 19.3 Å². The third kappa shape index (κ3) is 3.18. The monoisotopic (exact) mass is 269 g/mol. The second-order valence-electron chi connectivity index (χ2n) is 4.93. The highest BCUT2D eigenvalue weighted by molar-refractivity contribution is 5.69. The van der Waals surface area contributed by atoms with Crippen molar-refractivity contribution in [1.29, 1.82) is 0 Å². The number of nitrogens with one attached hydrogen (secondary N) is 1. The highest BCUT2D eigenvalue weighted by Crippen LogP contribution is 2.23. The van der Waals surface area contributed by atoms with Crippen molar-refractivity contribution < 1.29 is 4.74 Å². The Balaban J connectivity index is 2.38. The predicted molar refractivity (Wildman–Crippen MR) is 83.1 cm³/mol. The van der Waals surface area contributed by atoms with Gasteiger partial charge in [-0.25, -0.2) is 0 Å². The Labute approximate surface area is 118 Å². The van der Waals surface area contributed by atoms with E-state index in [9.17, 15) is 4.79 Å². The zero-order chi connectivity index (χ0) is 14.5. The topological polar surface area (TPSA) is 42.1 Å². The fraction of sp³-hybridized carbons (Fsp3) is 0.235. The van der Waals surface area contributed by atoms with Gasteiger partial charge < -0.3 is 9.72 Å². The summed E-state index contributed by atoms with van der Waals surface area (Å²) in [4.78, 5) is 15.0. The number of aromatic nitrogens is 1. The molecule has 0 amide bonds. The molecule has 1 heterocycles. The van der Waals surface area contributed by atoms with Gasteiger partial charge in [0.15, 0.2) is 0 Å². The highest BCUT2D eigenvalue weighted by atomic mass is 16.5. The molecular weight excluding hydrogens is 250 g/mol. The molecule has 1 aromatic heterocycles. The average molecular weight is 269 g/mol. The molecule has 0 saturated heterocycles. The molecule has 104 valence electrons. The number of ether oxygens (including phenoxy) is 1. The van der Waals surface area contributed by atoms with Gasteiger partial charge in [-0.15, -0.1) is 0 Å². The molecule has 0 fully saturated rings. The molecule has 0 atom stereocenters. The maximum absolute atomic E-state index is 12.1. The number of rotatable bonds is 4. The molecule has 0 unspecified atom stereocenters. The first-order valence-corrected chi connectivity index (χ1v) is 6.66. The second-order valence-corrected chi connectivity index (χ2v) is 4.93. The highest BCUT2D eigenvalue weighted by Gasteiger charge is 2.10. The molecule has 2 rings (SSSR count). The standard InChI is InChI=1S/C17H19NO2/c1-12(2)16-15(20-3)11-14(17(19)18-16)10-9-13-7-5-4-6-8-13/h4-12H,1-3H3,(H,18,19)/b10-9+. The van der Waals surface area contributed by atoms with Crippen LogP contribution in [0, 0.1) is 0 Å². The fourth-order valence-electron chi connectivity index (χ4n) is 2.01. The summed E-state index contributed by atoms with van der Waals surface area (Å²) in [5, 5.41) is 0. The Morgan fingerprint density at radius 1 is 1.15 bits per heavy atom. The van der Waals surface area contributed by atoms with Gasteiger partial charge in [0.25, 0.3) is 5.56 Å². The van der Waals surface area contributed by atoms with E-state index in [1.807, 2.05) is 50.3 Å². The summed E-state index contributed by atoms with van der Waals surface area (Å²) in [6.45, 7) is 4.04. The maximum atomic E-state index is 12.1. The van der Waals surface area contributed by atoms with Crippen molar-refractivity contribution in [3.05, 3.63) is 63.6 Å². The number of hydrogen-bond acceptors (Lipinski definition) is 2. The molecule has 0 bridgehead atoms. The lowest BCUT2D eigenvalue weighted by atomic mass is 10.1. The lowest BCUT2D eigenvalue weighted by Crippen LogP contribution is -2.14. The number of benzene rings is 1. The zero-order valence-corrected chi connectivity index (χ0v) is 12.0. The fourth-order valence-corrected chi connectivity index (χ4v) is 2.01. The molecule has 0 aliphatic rings. The summed E-state index contributed by atoms with van der Waals surface area (Å²) < 4.78 is 5.35. The molecular formula is C17H19NO2. The Hall–Kier alpha value is -2.29. The van der Waals surface area contributed by atoms with Gasteiger partial charge >= 0.3 is 0 Å². The van der Waals surface area contributed by atoms with Gasteiger partial charge in [-0.05, 0) is 23.6 Å². The Bertz CT molecular complexity index is 654. The van der Waals surface area contributed by atoms with Gasteiger partial charge in [-0.1, -0.05) is 50.3 Å². The molecule has 20 heavy (non-hydrogen) atoms. The van der Waals surface area contributed by atoms with Crippen LogP contribution in [0.25, 0.3) is 12.2 Å². The first kappa shape index (κ1) is 14.1. The van der Waals surface area contributed by atoms with Crippen molar-refractivity contribution in [3.63, 3.8) is 0 Å². The Kier molecular flexibility index (Phi) is 4.41. The number of pyridine rings is 1. The molecule has 2 aromatic rings. The van der Waals surface area contributed by atoms with E-state index in [0.29, 0.717) is 11.3 Å². The van der Waals surface area contributed by atoms with Crippen LogP contribution in [0.5, 0.6) is 5.75 Å². The summed E-state index contributed by atoms with van der Waals surface area (Å²) in [5.74, 6) is 0.928. The molecule has 3 heteroatoms. The van der Waals surface area contributed by atoms with Gasteiger partial charge in [-0.2, -0.15) is 0 Å². The summed E-state index contributed by atoms with van der Waals surface area (Å²) in [7, 11) is 1.62. The quantitative estimate of drug-likeness (QED) is 0.920. The van der Waals surface area contributed by atoms with Crippen LogP contribution in [0.4, 0.5) is 0 Å². The van der Waals surface area contributed by atoms with Crippen molar-refractivity contribution in [1.82, 2.24) is 4.98 Å². The third-order valence-electron chi connectivity index (χ3n) is 3.11. The van der Waals surface area contributed by atoms with Gasteiger partial charge in [0.2, 0.25) is 0 Å². The van der Waals surface area contributed by atoms with Crippen LogP contribution in [0.2, 0.25) is 0 Å². The van der Waals surface area contributed by atoms with E-state index >= 15 is 0 Å². The van der Waals surface area contributed by atoms with E-state index in [-0.39, 0.29) is 11.5 Å². The van der Waals surface area contributed by atoms with Crippen molar-refractivity contribution in [2.45, 2.75) is 19.8 Å². The van der Waals surface area contributed by atoms with E-state index in [2.05, 4.69) is 4.98 Å². The summed E-state index contributed by atoms with van der Waals surface area (Å²) in [6.07, 6.45) is 3.72. The molecule has 0 saturated carbocycles. The largest absolute Gasteiger partial charge is 0.495 e. The average Bonchev–Trinajstić information content (AvgIpc) is 2.46. The van der Waals surface area contributed by atoms with Crippen LogP contribution in [0.3, 0.4) is 0 Å². The molecule has 1 aromatic carbocycles. The number of hydrogen-bond donors (Lipinski definition) is 1. The third-order valence-corrected chi connectivity index (χ3v) is 3.11. The number of H-pyrrole nitrogens is 1. The predicted octanol–water partition coefficient (Wildman–Crippen LogP) is 3.68. The van der Waals surface area contributed by atoms with Crippen molar-refractivity contribution >= 4 is 12.2 Å². The lowest BCUT2D eigenvalue weighted by Gasteiger charge is -2.11. The van der Waals surface area contributed by atoms with Crippen molar-refractivity contribution in [2.75, 3.05) is 7.11 Å². The van der Waals surface area contributed by atoms with Crippen LogP contribution in [-0.4, -0.2) is 12.1 Å². The molecule has 0 aliphatic heterocycles. The Morgan fingerprint density at radius 3 is 2.45 bits per heavy atom. The van der Waals surface area contributed by atoms with E-state index < -0.39 is 0 Å².